The lowest BCUT2D eigenvalue weighted by atomic mass is 9.47. The van der Waals surface area contributed by atoms with E-state index in [1.54, 1.807) is 17.5 Å². The van der Waals surface area contributed by atoms with Crippen LogP contribution in [0.3, 0.4) is 0 Å². The van der Waals surface area contributed by atoms with Crippen LogP contribution in [0.1, 0.15) is 49.6 Å². The number of aliphatic hydroxyl groups is 2. The summed E-state index contributed by atoms with van der Waals surface area (Å²) in [7, 11) is 0. The van der Waals surface area contributed by atoms with Gasteiger partial charge in [0, 0.05) is 53.7 Å². The van der Waals surface area contributed by atoms with Gasteiger partial charge in [0.2, 0.25) is 5.91 Å². The molecular formula is C25H33N3O4S. The number of carbonyl (C=O) groups is 1. The first kappa shape index (κ1) is 22.9. The van der Waals surface area contributed by atoms with E-state index in [1.807, 2.05) is 30.2 Å². The Kier molecular flexibility index (Phi) is 6.05. The molecule has 0 aromatic carbocycles. The lowest BCUT2D eigenvalue weighted by Gasteiger charge is -2.58. The molecule has 0 bridgehead atoms. The van der Waals surface area contributed by atoms with Gasteiger partial charge in [-0.2, -0.15) is 0 Å². The summed E-state index contributed by atoms with van der Waals surface area (Å²) >= 11 is 1.66. The topological polar surface area (TPSA) is 95.8 Å². The Bertz CT molecular complexity index is 1010. The number of aromatic nitrogens is 2. The van der Waals surface area contributed by atoms with Gasteiger partial charge in [0.25, 0.3) is 0 Å². The molecule has 3 aliphatic rings. The molecule has 2 fully saturated rings. The zero-order valence-corrected chi connectivity index (χ0v) is 20.2. The number of hydrogen-bond acceptors (Lipinski definition) is 7. The molecule has 33 heavy (non-hydrogen) atoms. The van der Waals surface area contributed by atoms with Crippen LogP contribution in [0.5, 0.6) is 0 Å². The fraction of sp³-hybridized carbons (Fsp3) is 0.640. The summed E-state index contributed by atoms with van der Waals surface area (Å²) in [5.74, 6) is 0.154. The highest BCUT2D eigenvalue weighted by atomic mass is 32.1. The molecule has 2 aromatic heterocycles. The van der Waals surface area contributed by atoms with Crippen LogP contribution in [0.2, 0.25) is 0 Å². The van der Waals surface area contributed by atoms with Crippen molar-refractivity contribution in [1.29, 1.82) is 0 Å². The van der Waals surface area contributed by atoms with E-state index in [9.17, 15) is 15.0 Å². The molecule has 1 aliphatic heterocycles. The van der Waals surface area contributed by atoms with Crippen LogP contribution >= 0.6 is 11.3 Å². The normalized spacial score (nSPS) is 33.9. The van der Waals surface area contributed by atoms with E-state index in [-0.39, 0.29) is 29.8 Å². The van der Waals surface area contributed by atoms with E-state index in [0.29, 0.717) is 39.1 Å². The van der Waals surface area contributed by atoms with E-state index in [4.69, 9.17) is 9.72 Å². The first-order chi connectivity index (χ1) is 15.9. The van der Waals surface area contributed by atoms with Crippen LogP contribution in [-0.4, -0.2) is 70.0 Å². The third-order valence-electron chi connectivity index (χ3n) is 8.54. The largest absolute Gasteiger partial charge is 0.396 e. The van der Waals surface area contributed by atoms with Gasteiger partial charge in [0.05, 0.1) is 31.6 Å². The lowest BCUT2D eigenvalue weighted by Crippen LogP contribution is -2.58. The maximum Gasteiger partial charge on any atom is 0.223 e. The number of fused-ring (bicyclic) bond motifs is 2. The number of aliphatic hydroxyl groups excluding tert-OH is 2. The Morgan fingerprint density at radius 3 is 2.82 bits per heavy atom. The number of hydrogen-bond donors (Lipinski definition) is 2. The van der Waals surface area contributed by atoms with Crippen molar-refractivity contribution in [2.45, 2.75) is 51.6 Å². The first-order valence-electron chi connectivity index (χ1n) is 11.9. The summed E-state index contributed by atoms with van der Waals surface area (Å²) < 4.78 is 5.44. The lowest BCUT2D eigenvalue weighted by molar-refractivity contribution is -0.149. The molecule has 0 unspecified atom stereocenters. The van der Waals surface area contributed by atoms with Crippen LogP contribution in [-0.2, 0) is 16.0 Å². The van der Waals surface area contributed by atoms with E-state index in [2.05, 4.69) is 11.9 Å². The number of thiazole rings is 1. The standard InChI is InChI=1S/C25H33N3O4S/c1-24-6-5-20(30)25(2,15-29)19(24)13-18-22(27-23(33-18)16-4-3-7-26-14-16)17(24)12-21(31)28-8-10-32-11-9-28/h3-4,7,14,17,19-20,29-30H,5-6,8-13,15H2,1-2H3/t17-,19+,20-,24+,25+/m1/s1. The molecule has 2 N–H and O–H groups in total. The van der Waals surface area contributed by atoms with E-state index < -0.39 is 11.5 Å². The van der Waals surface area contributed by atoms with Crippen molar-refractivity contribution in [1.82, 2.24) is 14.9 Å². The van der Waals surface area contributed by atoms with Crippen molar-refractivity contribution in [3.63, 3.8) is 0 Å². The highest BCUT2D eigenvalue weighted by Gasteiger charge is 2.59. The number of carbonyl (C=O) groups excluding carboxylic acids is 1. The molecular weight excluding hydrogens is 438 g/mol. The van der Waals surface area contributed by atoms with Crippen LogP contribution in [0, 0.1) is 16.7 Å². The fourth-order valence-electron chi connectivity index (χ4n) is 6.37. The van der Waals surface area contributed by atoms with Crippen LogP contribution in [0.4, 0.5) is 0 Å². The predicted octanol–water partition coefficient (Wildman–Crippen LogP) is 2.87. The molecule has 7 nitrogen and oxygen atoms in total. The number of rotatable bonds is 4. The fourth-order valence-corrected chi connectivity index (χ4v) is 7.53. The summed E-state index contributed by atoms with van der Waals surface area (Å²) in [6.45, 7) is 6.61. The summed E-state index contributed by atoms with van der Waals surface area (Å²) in [4.78, 5) is 25.8. The van der Waals surface area contributed by atoms with Gasteiger partial charge in [-0.1, -0.05) is 13.8 Å². The Morgan fingerprint density at radius 1 is 1.33 bits per heavy atom. The maximum absolute atomic E-state index is 13.4. The molecule has 1 saturated carbocycles. The molecule has 8 heteroatoms. The monoisotopic (exact) mass is 471 g/mol. The highest BCUT2D eigenvalue weighted by Crippen LogP contribution is 2.63. The molecule has 5 atom stereocenters. The second kappa shape index (κ2) is 8.73. The molecule has 2 aliphatic carbocycles. The van der Waals surface area contributed by atoms with Gasteiger partial charge in [-0.25, -0.2) is 4.98 Å². The smallest absolute Gasteiger partial charge is 0.223 e. The third kappa shape index (κ3) is 3.81. The third-order valence-corrected chi connectivity index (χ3v) is 9.69. The van der Waals surface area contributed by atoms with Crippen molar-refractivity contribution in [3.8, 4) is 10.6 Å². The molecule has 1 amide bonds. The van der Waals surface area contributed by atoms with Gasteiger partial charge in [-0.15, -0.1) is 11.3 Å². The molecule has 5 rings (SSSR count). The number of ether oxygens (including phenoxy) is 1. The Labute approximate surface area is 198 Å². The summed E-state index contributed by atoms with van der Waals surface area (Å²) in [5.41, 5.74) is 1.17. The van der Waals surface area contributed by atoms with Gasteiger partial charge >= 0.3 is 0 Å². The van der Waals surface area contributed by atoms with Crippen LogP contribution < -0.4 is 0 Å². The van der Waals surface area contributed by atoms with E-state index in [0.717, 1.165) is 29.1 Å². The summed E-state index contributed by atoms with van der Waals surface area (Å²) in [6.07, 6.45) is 5.63. The number of nitrogens with zero attached hydrogens (tertiary/aromatic N) is 3. The SMILES string of the molecule is C[C@]1(CO)[C@H]2Cc3sc(-c4cccnc4)nc3[C@@H](CC(=O)N3CCOCC3)[C@]2(C)CC[C@H]1O. The Morgan fingerprint density at radius 2 is 2.12 bits per heavy atom. The second-order valence-corrected chi connectivity index (χ2v) is 11.4. The van der Waals surface area contributed by atoms with Crippen molar-refractivity contribution in [3.05, 3.63) is 35.1 Å². The number of amides is 1. The van der Waals surface area contributed by atoms with Gasteiger partial charge in [0.1, 0.15) is 5.01 Å². The molecule has 0 spiro atoms. The van der Waals surface area contributed by atoms with Gasteiger partial charge in [-0.05, 0) is 42.7 Å². The Hall–Kier alpha value is -1.87. The maximum atomic E-state index is 13.4. The predicted molar refractivity (Wildman–Crippen MR) is 126 cm³/mol. The average Bonchev–Trinajstić information content (AvgIpc) is 3.28. The minimum Gasteiger partial charge on any atom is -0.396 e. The van der Waals surface area contributed by atoms with Gasteiger partial charge in [0.15, 0.2) is 0 Å². The van der Waals surface area contributed by atoms with Gasteiger partial charge < -0.3 is 19.8 Å². The van der Waals surface area contributed by atoms with Crippen molar-refractivity contribution >= 4 is 17.2 Å². The quantitative estimate of drug-likeness (QED) is 0.712. The minimum absolute atomic E-state index is 0.0540. The number of morpholine rings is 1. The van der Waals surface area contributed by atoms with Crippen molar-refractivity contribution in [2.75, 3.05) is 32.9 Å². The summed E-state index contributed by atoms with van der Waals surface area (Å²) in [6, 6.07) is 3.93. The zero-order chi connectivity index (χ0) is 23.2. The molecule has 2 aromatic rings. The van der Waals surface area contributed by atoms with E-state index >= 15 is 0 Å². The van der Waals surface area contributed by atoms with E-state index in [1.165, 1.54) is 4.88 Å². The van der Waals surface area contributed by atoms with Crippen LogP contribution in [0.25, 0.3) is 10.6 Å². The zero-order valence-electron chi connectivity index (χ0n) is 19.4. The van der Waals surface area contributed by atoms with Crippen molar-refractivity contribution < 1.29 is 19.7 Å². The Balaban J connectivity index is 1.57. The second-order valence-electron chi connectivity index (χ2n) is 10.3. The van der Waals surface area contributed by atoms with Gasteiger partial charge in [-0.3, -0.25) is 9.78 Å². The van der Waals surface area contributed by atoms with Crippen LogP contribution in [0.15, 0.2) is 24.5 Å². The molecule has 0 radical (unpaired) electrons. The first-order valence-corrected chi connectivity index (χ1v) is 12.7. The minimum atomic E-state index is -0.608. The average molecular weight is 472 g/mol. The molecule has 1 saturated heterocycles. The molecule has 3 heterocycles. The summed E-state index contributed by atoms with van der Waals surface area (Å²) in [5, 5.41) is 22.2. The highest BCUT2D eigenvalue weighted by molar-refractivity contribution is 7.15. The molecule has 178 valence electrons. The van der Waals surface area contributed by atoms with Crippen molar-refractivity contribution in [2.24, 2.45) is 16.7 Å². The number of pyridine rings is 1.